The number of nitrogens with zero attached hydrogens (tertiary/aromatic N) is 1. The minimum Gasteiger partial charge on any atom is -0.481 e. The van der Waals surface area contributed by atoms with Crippen molar-refractivity contribution >= 4 is 5.97 Å². The molecule has 2 unspecified atom stereocenters. The highest BCUT2D eigenvalue weighted by Crippen LogP contribution is 2.31. The molecule has 0 radical (unpaired) electrons. The van der Waals surface area contributed by atoms with E-state index in [0.29, 0.717) is 18.6 Å². The van der Waals surface area contributed by atoms with Gasteiger partial charge in [-0.05, 0) is 40.0 Å². The third-order valence-electron chi connectivity index (χ3n) is 4.03. The summed E-state index contributed by atoms with van der Waals surface area (Å²) in [7, 11) is 0. The number of rotatable bonds is 6. The van der Waals surface area contributed by atoms with Crippen molar-refractivity contribution in [3.63, 3.8) is 0 Å². The fourth-order valence-corrected chi connectivity index (χ4v) is 2.72. The molecular formula is C14H27NO3. The molecule has 1 rings (SSSR count). The maximum atomic E-state index is 10.7. The highest BCUT2D eigenvalue weighted by atomic mass is 16.5. The van der Waals surface area contributed by atoms with Crippen LogP contribution < -0.4 is 0 Å². The molecule has 0 saturated carbocycles. The SMILES string of the molecule is CCC1(C)CC(N(CCC(=O)O)C(C)C)CCO1. The van der Waals surface area contributed by atoms with Crippen molar-refractivity contribution in [2.75, 3.05) is 13.2 Å². The van der Waals surface area contributed by atoms with E-state index in [0.717, 1.165) is 25.9 Å². The van der Waals surface area contributed by atoms with Crippen LogP contribution in [-0.4, -0.2) is 46.8 Å². The summed E-state index contributed by atoms with van der Waals surface area (Å²) in [6, 6.07) is 0.830. The topological polar surface area (TPSA) is 49.8 Å². The average molecular weight is 257 g/mol. The van der Waals surface area contributed by atoms with Crippen molar-refractivity contribution in [1.29, 1.82) is 0 Å². The Kier molecular flexibility index (Phi) is 5.60. The van der Waals surface area contributed by atoms with E-state index in [1.165, 1.54) is 0 Å². The van der Waals surface area contributed by atoms with Gasteiger partial charge in [0.2, 0.25) is 0 Å². The van der Waals surface area contributed by atoms with E-state index >= 15 is 0 Å². The van der Waals surface area contributed by atoms with E-state index in [4.69, 9.17) is 9.84 Å². The molecule has 0 aromatic heterocycles. The summed E-state index contributed by atoms with van der Waals surface area (Å²) in [5, 5.41) is 8.84. The summed E-state index contributed by atoms with van der Waals surface area (Å²) in [6.45, 7) is 10.0. The summed E-state index contributed by atoms with van der Waals surface area (Å²) in [5.41, 5.74) is -0.0424. The van der Waals surface area contributed by atoms with E-state index in [2.05, 4.69) is 32.6 Å². The zero-order chi connectivity index (χ0) is 13.8. The normalized spacial score (nSPS) is 28.9. The van der Waals surface area contributed by atoms with Crippen LogP contribution in [-0.2, 0) is 9.53 Å². The summed E-state index contributed by atoms with van der Waals surface area (Å²) in [4.78, 5) is 13.1. The molecule has 0 spiro atoms. The zero-order valence-corrected chi connectivity index (χ0v) is 12.1. The minimum absolute atomic E-state index is 0.0424. The average Bonchev–Trinajstić information content (AvgIpc) is 2.28. The molecule has 1 aliphatic heterocycles. The lowest BCUT2D eigenvalue weighted by atomic mass is 9.88. The number of carboxylic acid groups (broad SMARTS) is 1. The van der Waals surface area contributed by atoms with Crippen LogP contribution in [0.5, 0.6) is 0 Å². The quantitative estimate of drug-likeness (QED) is 0.794. The van der Waals surface area contributed by atoms with Crippen LogP contribution in [0.15, 0.2) is 0 Å². The van der Waals surface area contributed by atoms with Gasteiger partial charge in [-0.1, -0.05) is 6.92 Å². The fourth-order valence-electron chi connectivity index (χ4n) is 2.72. The molecule has 0 aliphatic carbocycles. The number of hydrogen-bond acceptors (Lipinski definition) is 3. The molecule has 0 aromatic carbocycles. The lowest BCUT2D eigenvalue weighted by molar-refractivity contribution is -0.138. The van der Waals surface area contributed by atoms with Crippen LogP contribution in [0.3, 0.4) is 0 Å². The first kappa shape index (κ1) is 15.4. The lowest BCUT2D eigenvalue weighted by Crippen LogP contribution is -2.50. The van der Waals surface area contributed by atoms with Crippen LogP contribution >= 0.6 is 0 Å². The summed E-state index contributed by atoms with van der Waals surface area (Å²) >= 11 is 0. The standard InChI is InChI=1S/C14H27NO3/c1-5-14(4)10-12(7-9-18-14)15(11(2)3)8-6-13(16)17/h11-12H,5-10H2,1-4H3,(H,16,17). The second-order valence-corrected chi connectivity index (χ2v) is 5.77. The molecule has 1 fully saturated rings. The second-order valence-electron chi connectivity index (χ2n) is 5.77. The van der Waals surface area contributed by atoms with Gasteiger partial charge in [0.15, 0.2) is 0 Å². The molecule has 4 nitrogen and oxygen atoms in total. The van der Waals surface area contributed by atoms with E-state index < -0.39 is 5.97 Å². The summed E-state index contributed by atoms with van der Waals surface area (Å²) < 4.78 is 5.86. The predicted octanol–water partition coefficient (Wildman–Crippen LogP) is 2.52. The fraction of sp³-hybridized carbons (Fsp3) is 0.929. The van der Waals surface area contributed by atoms with Gasteiger partial charge in [0.25, 0.3) is 0 Å². The van der Waals surface area contributed by atoms with Crippen LogP contribution in [0.2, 0.25) is 0 Å². The van der Waals surface area contributed by atoms with E-state index in [1.54, 1.807) is 0 Å². The number of hydrogen-bond donors (Lipinski definition) is 1. The maximum Gasteiger partial charge on any atom is 0.304 e. The van der Waals surface area contributed by atoms with Crippen molar-refractivity contribution in [2.45, 2.75) is 71.1 Å². The third kappa shape index (κ3) is 4.25. The largest absolute Gasteiger partial charge is 0.481 e. The number of carbonyl (C=O) groups is 1. The van der Waals surface area contributed by atoms with Crippen LogP contribution in [0.1, 0.15) is 53.4 Å². The highest BCUT2D eigenvalue weighted by molar-refractivity contribution is 5.66. The number of carboxylic acids is 1. The molecule has 0 bridgehead atoms. The van der Waals surface area contributed by atoms with Gasteiger partial charge in [-0.15, -0.1) is 0 Å². The van der Waals surface area contributed by atoms with Crippen molar-refractivity contribution in [2.24, 2.45) is 0 Å². The van der Waals surface area contributed by atoms with Gasteiger partial charge in [-0.2, -0.15) is 0 Å². The summed E-state index contributed by atoms with van der Waals surface area (Å²) in [5.74, 6) is -0.717. The van der Waals surface area contributed by atoms with Crippen LogP contribution in [0, 0.1) is 0 Å². The molecule has 1 heterocycles. The first-order valence-corrected chi connectivity index (χ1v) is 6.99. The van der Waals surface area contributed by atoms with Gasteiger partial charge in [0.1, 0.15) is 0 Å². The van der Waals surface area contributed by atoms with E-state index in [9.17, 15) is 4.79 Å². The van der Waals surface area contributed by atoms with E-state index in [-0.39, 0.29) is 12.0 Å². The van der Waals surface area contributed by atoms with E-state index in [1.807, 2.05) is 0 Å². The van der Waals surface area contributed by atoms with Crippen molar-refractivity contribution in [3.05, 3.63) is 0 Å². The Morgan fingerprint density at radius 3 is 2.72 bits per heavy atom. The smallest absolute Gasteiger partial charge is 0.304 e. The first-order chi connectivity index (χ1) is 8.38. The molecule has 0 aromatic rings. The van der Waals surface area contributed by atoms with Gasteiger partial charge in [0, 0.05) is 25.2 Å². The molecule has 1 N–H and O–H groups in total. The Labute approximate surface area is 110 Å². The van der Waals surface area contributed by atoms with Gasteiger partial charge < -0.3 is 9.84 Å². The molecule has 4 heteroatoms. The van der Waals surface area contributed by atoms with Crippen LogP contribution in [0.25, 0.3) is 0 Å². The third-order valence-corrected chi connectivity index (χ3v) is 4.03. The maximum absolute atomic E-state index is 10.7. The molecular weight excluding hydrogens is 230 g/mol. The zero-order valence-electron chi connectivity index (χ0n) is 12.1. The minimum atomic E-state index is -0.717. The Hall–Kier alpha value is -0.610. The van der Waals surface area contributed by atoms with Gasteiger partial charge >= 0.3 is 5.97 Å². The monoisotopic (exact) mass is 257 g/mol. The van der Waals surface area contributed by atoms with Crippen LogP contribution in [0.4, 0.5) is 0 Å². The predicted molar refractivity (Wildman–Crippen MR) is 71.8 cm³/mol. The highest BCUT2D eigenvalue weighted by Gasteiger charge is 2.35. The molecule has 1 saturated heterocycles. The van der Waals surface area contributed by atoms with Gasteiger partial charge in [-0.3, -0.25) is 9.69 Å². The molecule has 18 heavy (non-hydrogen) atoms. The van der Waals surface area contributed by atoms with Crippen molar-refractivity contribution < 1.29 is 14.6 Å². The van der Waals surface area contributed by atoms with Crippen molar-refractivity contribution in [1.82, 2.24) is 4.90 Å². The Morgan fingerprint density at radius 1 is 1.56 bits per heavy atom. The Balaban J connectivity index is 2.64. The Morgan fingerprint density at radius 2 is 2.22 bits per heavy atom. The summed E-state index contributed by atoms with van der Waals surface area (Å²) in [6.07, 6.45) is 3.24. The number of ether oxygens (including phenoxy) is 1. The molecule has 0 amide bonds. The lowest BCUT2D eigenvalue weighted by Gasteiger charge is -2.44. The first-order valence-electron chi connectivity index (χ1n) is 6.99. The Bertz CT molecular complexity index is 280. The molecule has 106 valence electrons. The van der Waals surface area contributed by atoms with Crippen molar-refractivity contribution in [3.8, 4) is 0 Å². The number of aliphatic carboxylic acids is 1. The second kappa shape index (κ2) is 6.53. The van der Waals surface area contributed by atoms with Gasteiger partial charge in [0.05, 0.1) is 12.0 Å². The van der Waals surface area contributed by atoms with Gasteiger partial charge in [-0.25, -0.2) is 0 Å². The molecule has 2 atom stereocenters. The molecule has 1 aliphatic rings.